The Morgan fingerprint density at radius 3 is 2.68 bits per heavy atom. The van der Waals surface area contributed by atoms with Crippen LogP contribution in [0, 0.1) is 0 Å². The minimum Gasteiger partial charge on any atom is -0.466 e. The monoisotopic (exact) mass is 305 g/mol. The van der Waals surface area contributed by atoms with Crippen LogP contribution in [0.4, 0.5) is 5.69 Å². The largest absolute Gasteiger partial charge is 0.466 e. The molecule has 0 saturated heterocycles. The Morgan fingerprint density at radius 2 is 2.11 bits per heavy atom. The summed E-state index contributed by atoms with van der Waals surface area (Å²) in [5, 5.41) is 4.11. The molecule has 0 aromatic carbocycles. The maximum atomic E-state index is 11.6. The molecule has 1 aromatic rings. The molecule has 0 aliphatic heterocycles. The molecule has 1 N–H and O–H groups in total. The van der Waals surface area contributed by atoms with Crippen molar-refractivity contribution in [2.24, 2.45) is 0 Å². The number of hydrogen-bond acceptors (Lipinski definition) is 6. The number of halogens is 1. The number of amides is 1. The van der Waals surface area contributed by atoms with Crippen molar-refractivity contribution in [3.05, 3.63) is 15.3 Å². The Labute approximate surface area is 118 Å². The third-order valence-corrected chi connectivity index (χ3v) is 3.38. The van der Waals surface area contributed by atoms with Gasteiger partial charge in [0.15, 0.2) is 0 Å². The molecule has 0 atom stereocenters. The van der Waals surface area contributed by atoms with E-state index in [1.165, 1.54) is 12.5 Å². The molecule has 8 heteroatoms. The van der Waals surface area contributed by atoms with E-state index >= 15 is 0 Å². The van der Waals surface area contributed by atoms with Gasteiger partial charge in [-0.3, -0.25) is 9.59 Å². The molecule has 0 bridgehead atoms. The zero-order valence-electron chi connectivity index (χ0n) is 10.3. The minimum absolute atomic E-state index is 0.146. The zero-order valence-corrected chi connectivity index (χ0v) is 11.9. The smallest absolute Gasteiger partial charge is 0.350 e. The average molecular weight is 306 g/mol. The second-order valence-corrected chi connectivity index (χ2v) is 4.60. The number of carbonyl (C=O) groups excluding carboxylic acids is 3. The van der Waals surface area contributed by atoms with Crippen LogP contribution in [-0.4, -0.2) is 31.6 Å². The van der Waals surface area contributed by atoms with Crippen LogP contribution in [0.15, 0.2) is 5.38 Å². The van der Waals surface area contributed by atoms with Gasteiger partial charge in [0.05, 0.1) is 24.4 Å². The summed E-state index contributed by atoms with van der Waals surface area (Å²) in [5.74, 6) is -1.86. The lowest BCUT2D eigenvalue weighted by Crippen LogP contribution is -2.19. The van der Waals surface area contributed by atoms with Crippen molar-refractivity contribution in [2.45, 2.75) is 13.3 Å². The van der Waals surface area contributed by atoms with Crippen LogP contribution in [-0.2, 0) is 19.1 Å². The molecule has 104 valence electrons. The van der Waals surface area contributed by atoms with Crippen LogP contribution in [0.1, 0.15) is 23.0 Å². The van der Waals surface area contributed by atoms with Gasteiger partial charge in [-0.1, -0.05) is 11.6 Å². The Morgan fingerprint density at radius 1 is 1.42 bits per heavy atom. The van der Waals surface area contributed by atoms with Crippen LogP contribution in [0.3, 0.4) is 0 Å². The van der Waals surface area contributed by atoms with E-state index in [1.807, 2.05) is 0 Å². The number of esters is 2. The van der Waals surface area contributed by atoms with Crippen LogP contribution in [0.5, 0.6) is 0 Å². The topological polar surface area (TPSA) is 81.7 Å². The van der Waals surface area contributed by atoms with E-state index in [-0.39, 0.29) is 22.2 Å². The summed E-state index contributed by atoms with van der Waals surface area (Å²) in [5.41, 5.74) is 0.146. The summed E-state index contributed by atoms with van der Waals surface area (Å²) in [4.78, 5) is 34.3. The lowest BCUT2D eigenvalue weighted by atomic mass is 10.3. The van der Waals surface area contributed by atoms with Gasteiger partial charge in [-0.05, 0) is 6.92 Å². The first-order valence-corrected chi connectivity index (χ1v) is 6.56. The fraction of sp³-hybridized carbons (Fsp3) is 0.364. The molecule has 1 aromatic heterocycles. The maximum Gasteiger partial charge on any atom is 0.350 e. The molecule has 0 spiro atoms. The highest BCUT2D eigenvalue weighted by atomic mass is 35.5. The first-order chi connectivity index (χ1) is 8.99. The number of methoxy groups -OCH3 is 1. The van der Waals surface area contributed by atoms with Crippen molar-refractivity contribution in [1.82, 2.24) is 0 Å². The Kier molecular flexibility index (Phi) is 5.78. The average Bonchev–Trinajstić information content (AvgIpc) is 2.70. The molecular formula is C11H12ClNO5S. The highest BCUT2D eigenvalue weighted by Gasteiger charge is 2.20. The van der Waals surface area contributed by atoms with Crippen LogP contribution < -0.4 is 5.32 Å². The third-order valence-electron chi connectivity index (χ3n) is 1.99. The molecule has 0 saturated carbocycles. The van der Waals surface area contributed by atoms with Gasteiger partial charge >= 0.3 is 11.9 Å². The molecule has 1 amide bonds. The van der Waals surface area contributed by atoms with Crippen LogP contribution in [0.2, 0.25) is 5.02 Å². The fourth-order valence-electron chi connectivity index (χ4n) is 1.22. The van der Waals surface area contributed by atoms with Gasteiger partial charge in [-0.25, -0.2) is 4.79 Å². The number of hydrogen-bond donors (Lipinski definition) is 1. The molecule has 0 aliphatic carbocycles. The number of thiophene rings is 1. The second kappa shape index (κ2) is 7.10. The van der Waals surface area contributed by atoms with E-state index in [0.717, 1.165) is 11.3 Å². The van der Waals surface area contributed by atoms with Crippen molar-refractivity contribution >= 4 is 46.5 Å². The van der Waals surface area contributed by atoms with Crippen molar-refractivity contribution in [1.29, 1.82) is 0 Å². The van der Waals surface area contributed by atoms with Crippen molar-refractivity contribution < 1.29 is 23.9 Å². The molecule has 1 rings (SSSR count). The number of carbonyl (C=O) groups is 3. The van der Waals surface area contributed by atoms with Gasteiger partial charge in [0.2, 0.25) is 5.91 Å². The first kappa shape index (κ1) is 15.5. The summed E-state index contributed by atoms with van der Waals surface area (Å²) < 4.78 is 9.20. The number of anilines is 1. The van der Waals surface area contributed by atoms with Crippen molar-refractivity contribution in [2.75, 3.05) is 19.0 Å². The second-order valence-electron chi connectivity index (χ2n) is 3.31. The summed E-state index contributed by atoms with van der Waals surface area (Å²) in [6.07, 6.45) is -0.444. The highest BCUT2D eigenvalue weighted by Crippen LogP contribution is 2.33. The standard InChI is InChI=1S/C11H12ClNO5S/c1-3-18-8(15)4-7(14)13-9-6(12)5-19-10(9)11(16)17-2/h5H,3-4H2,1-2H3,(H,13,14). The lowest BCUT2D eigenvalue weighted by molar-refractivity contribution is -0.145. The summed E-state index contributed by atoms with van der Waals surface area (Å²) >= 11 is 6.90. The Balaban J connectivity index is 2.76. The van der Waals surface area contributed by atoms with Gasteiger partial charge < -0.3 is 14.8 Å². The normalized spacial score (nSPS) is 9.84. The summed E-state index contributed by atoms with van der Waals surface area (Å²) in [6.45, 7) is 1.83. The molecular weight excluding hydrogens is 294 g/mol. The van der Waals surface area contributed by atoms with Gasteiger partial charge in [-0.2, -0.15) is 0 Å². The number of nitrogens with one attached hydrogen (secondary N) is 1. The van der Waals surface area contributed by atoms with Crippen LogP contribution >= 0.6 is 22.9 Å². The fourth-order valence-corrected chi connectivity index (χ4v) is 2.35. The third kappa shape index (κ3) is 4.22. The SMILES string of the molecule is CCOC(=O)CC(=O)Nc1c(Cl)csc1C(=O)OC. The predicted molar refractivity (Wildman–Crippen MR) is 70.5 cm³/mol. The first-order valence-electron chi connectivity index (χ1n) is 5.30. The number of rotatable bonds is 5. The van der Waals surface area contributed by atoms with E-state index < -0.39 is 24.3 Å². The highest BCUT2D eigenvalue weighted by molar-refractivity contribution is 7.13. The summed E-state index contributed by atoms with van der Waals surface area (Å²) in [6, 6.07) is 0. The predicted octanol–water partition coefficient (Wildman–Crippen LogP) is 2.08. The number of ether oxygens (including phenoxy) is 2. The van der Waals surface area contributed by atoms with Gasteiger partial charge in [0, 0.05) is 5.38 Å². The molecule has 0 unspecified atom stereocenters. The lowest BCUT2D eigenvalue weighted by Gasteiger charge is -2.06. The molecule has 1 heterocycles. The van der Waals surface area contributed by atoms with Gasteiger partial charge in [0.1, 0.15) is 11.3 Å². The quantitative estimate of drug-likeness (QED) is 0.665. The van der Waals surface area contributed by atoms with E-state index in [2.05, 4.69) is 14.8 Å². The molecule has 0 radical (unpaired) electrons. The molecule has 19 heavy (non-hydrogen) atoms. The van der Waals surface area contributed by atoms with E-state index in [4.69, 9.17) is 11.6 Å². The van der Waals surface area contributed by atoms with Crippen molar-refractivity contribution in [3.8, 4) is 0 Å². The molecule has 0 fully saturated rings. The van der Waals surface area contributed by atoms with Gasteiger partial charge in [0.25, 0.3) is 0 Å². The van der Waals surface area contributed by atoms with Gasteiger partial charge in [-0.15, -0.1) is 11.3 Å². The minimum atomic E-state index is -0.647. The van der Waals surface area contributed by atoms with E-state index in [1.54, 1.807) is 6.92 Å². The molecule has 6 nitrogen and oxygen atoms in total. The van der Waals surface area contributed by atoms with E-state index in [9.17, 15) is 14.4 Å². The summed E-state index contributed by atoms with van der Waals surface area (Å²) in [7, 11) is 1.22. The Bertz CT molecular complexity index is 499. The molecule has 0 aliphatic rings. The Hall–Kier alpha value is -1.60. The zero-order chi connectivity index (χ0) is 14.4. The van der Waals surface area contributed by atoms with Crippen molar-refractivity contribution in [3.63, 3.8) is 0 Å². The van der Waals surface area contributed by atoms with E-state index in [0.29, 0.717) is 0 Å². The van der Waals surface area contributed by atoms with Crippen LogP contribution in [0.25, 0.3) is 0 Å². The maximum absolute atomic E-state index is 11.6.